The number of carbonyl (C=O) groups excluding carboxylic acids is 1. The Balaban J connectivity index is 3.45. The molecule has 1 amide bonds. The summed E-state index contributed by atoms with van der Waals surface area (Å²) in [6, 6.07) is -0.637. The molecule has 4 heteroatoms. The largest absolute Gasteiger partial charge is 0.394 e. The summed E-state index contributed by atoms with van der Waals surface area (Å²) in [7, 11) is 0. The molecule has 4 nitrogen and oxygen atoms in total. The predicted octanol–water partition coefficient (Wildman–Crippen LogP) is 21.4. The Bertz CT molecular complexity index is 1010. The second-order valence-electron chi connectivity index (χ2n) is 22.2. The summed E-state index contributed by atoms with van der Waals surface area (Å²) in [5.74, 6) is -0.0651. The second kappa shape index (κ2) is 61.2. The molecule has 0 aromatic carbocycles. The molecule has 0 aliphatic rings. The molecule has 0 fully saturated rings. The quantitative estimate of drug-likeness (QED) is 0.0420. The lowest BCUT2D eigenvalue weighted by atomic mass is 10.0. The number of hydrogen-bond acceptors (Lipinski definition) is 3. The molecule has 0 spiro atoms. The minimum Gasteiger partial charge on any atom is -0.394 e. The van der Waals surface area contributed by atoms with Gasteiger partial charge in [0.25, 0.3) is 0 Å². The van der Waals surface area contributed by atoms with Crippen LogP contribution in [0, 0.1) is 0 Å². The van der Waals surface area contributed by atoms with Crippen molar-refractivity contribution in [3.63, 3.8) is 0 Å². The van der Waals surface area contributed by atoms with E-state index in [0.29, 0.717) is 6.42 Å². The minimum atomic E-state index is -0.861. The smallest absolute Gasteiger partial charge is 0.220 e. The number of nitrogens with one attached hydrogen (secondary N) is 1. The number of hydrogen-bond donors (Lipinski definition) is 3. The highest BCUT2D eigenvalue weighted by molar-refractivity contribution is 5.76. The Morgan fingerprint density at radius 2 is 0.565 bits per heavy atom. The van der Waals surface area contributed by atoms with Crippen molar-refractivity contribution in [1.29, 1.82) is 0 Å². The van der Waals surface area contributed by atoms with Crippen LogP contribution in [0.1, 0.15) is 367 Å². The van der Waals surface area contributed by atoms with E-state index in [1.54, 1.807) is 6.08 Å². The van der Waals surface area contributed by atoms with Gasteiger partial charge in [-0.25, -0.2) is 0 Å². The maximum Gasteiger partial charge on any atom is 0.220 e. The van der Waals surface area contributed by atoms with Crippen molar-refractivity contribution >= 4 is 5.91 Å². The third-order valence-electron chi connectivity index (χ3n) is 15.2. The zero-order chi connectivity index (χ0) is 49.9. The first kappa shape index (κ1) is 67.9. The summed E-state index contributed by atoms with van der Waals surface area (Å²) in [5, 5.41) is 23.2. The molecular formula is C65H127NO3. The third-order valence-corrected chi connectivity index (χ3v) is 15.2. The predicted molar refractivity (Wildman–Crippen MR) is 309 cm³/mol. The maximum atomic E-state index is 12.5. The number of aliphatic hydroxyl groups is 2. The average molecular weight is 971 g/mol. The summed E-state index contributed by atoms with van der Waals surface area (Å²) >= 11 is 0. The second-order valence-corrected chi connectivity index (χ2v) is 22.2. The van der Waals surface area contributed by atoms with Crippen LogP contribution in [0.5, 0.6) is 0 Å². The number of amides is 1. The average Bonchev–Trinajstić information content (AvgIpc) is 3.35. The molecule has 3 N–H and O–H groups in total. The van der Waals surface area contributed by atoms with Gasteiger partial charge in [0.1, 0.15) is 0 Å². The van der Waals surface area contributed by atoms with Crippen molar-refractivity contribution in [2.75, 3.05) is 6.61 Å². The lowest BCUT2D eigenvalue weighted by Gasteiger charge is -2.19. The fourth-order valence-electron chi connectivity index (χ4n) is 10.3. The van der Waals surface area contributed by atoms with Crippen molar-refractivity contribution in [1.82, 2.24) is 5.32 Å². The lowest BCUT2D eigenvalue weighted by Crippen LogP contribution is -2.45. The third kappa shape index (κ3) is 57.6. The Kier molecular flexibility index (Phi) is 60.2. The van der Waals surface area contributed by atoms with Gasteiger partial charge in [-0.3, -0.25) is 4.79 Å². The van der Waals surface area contributed by atoms with Crippen molar-refractivity contribution in [3.8, 4) is 0 Å². The molecule has 0 aromatic heterocycles. The van der Waals surface area contributed by atoms with Crippen LogP contribution in [-0.4, -0.2) is 34.9 Å². The Labute approximate surface area is 434 Å². The van der Waals surface area contributed by atoms with Gasteiger partial charge in [-0.05, 0) is 32.1 Å². The highest BCUT2D eigenvalue weighted by Crippen LogP contribution is 2.19. The van der Waals surface area contributed by atoms with Gasteiger partial charge in [0.2, 0.25) is 5.91 Å². The molecule has 0 bridgehead atoms. The van der Waals surface area contributed by atoms with Gasteiger partial charge in [-0.2, -0.15) is 0 Å². The van der Waals surface area contributed by atoms with E-state index in [1.165, 1.54) is 315 Å². The molecule has 0 saturated carbocycles. The molecule has 0 saturated heterocycles. The number of unbranched alkanes of at least 4 members (excludes halogenated alkanes) is 51. The van der Waals surface area contributed by atoms with Crippen molar-refractivity contribution < 1.29 is 15.0 Å². The fraction of sp³-hybridized carbons (Fsp3) is 0.923. The maximum absolute atomic E-state index is 12.5. The first-order valence-corrected chi connectivity index (χ1v) is 32.1. The first-order chi connectivity index (χ1) is 34.2. The summed E-state index contributed by atoms with van der Waals surface area (Å²) < 4.78 is 0. The Hall–Kier alpha value is -1.13. The van der Waals surface area contributed by atoms with E-state index in [2.05, 4.69) is 31.3 Å². The summed E-state index contributed by atoms with van der Waals surface area (Å²) in [6.07, 6.45) is 82.5. The van der Waals surface area contributed by atoms with E-state index >= 15 is 0 Å². The summed E-state index contributed by atoms with van der Waals surface area (Å²) in [6.45, 7) is 4.35. The van der Waals surface area contributed by atoms with Crippen LogP contribution in [0.3, 0.4) is 0 Å². The van der Waals surface area contributed by atoms with Crippen molar-refractivity contribution in [2.24, 2.45) is 0 Å². The van der Waals surface area contributed by atoms with E-state index in [4.69, 9.17) is 0 Å². The van der Waals surface area contributed by atoms with E-state index in [0.717, 1.165) is 32.1 Å². The lowest BCUT2D eigenvalue weighted by molar-refractivity contribution is -0.123. The molecule has 69 heavy (non-hydrogen) atoms. The van der Waals surface area contributed by atoms with Gasteiger partial charge in [0.15, 0.2) is 0 Å². The molecule has 0 aliphatic heterocycles. The summed E-state index contributed by atoms with van der Waals surface area (Å²) in [5.41, 5.74) is 0. The standard InChI is InChI=1S/C65H127NO3/c1-3-5-7-9-11-13-15-17-19-21-23-25-27-29-31-32-33-34-35-36-38-40-42-44-46-48-50-52-54-56-58-60-64(68)63(62-67)66-65(69)61-59-57-55-53-51-49-47-45-43-41-39-37-30-28-26-24-22-20-18-16-14-12-10-8-6-4-2/h50,52,58,60,63-64,67-68H,3-49,51,53-57,59,61-62H2,1-2H3,(H,66,69)/b52-50+,60-58+. The number of carbonyl (C=O) groups is 1. The Morgan fingerprint density at radius 1 is 0.333 bits per heavy atom. The highest BCUT2D eigenvalue weighted by atomic mass is 16.3. The van der Waals surface area contributed by atoms with Crippen LogP contribution < -0.4 is 5.32 Å². The van der Waals surface area contributed by atoms with Crippen LogP contribution >= 0.6 is 0 Å². The molecule has 2 unspecified atom stereocenters. The molecule has 0 radical (unpaired) electrons. The van der Waals surface area contributed by atoms with Gasteiger partial charge in [0.05, 0.1) is 18.8 Å². The van der Waals surface area contributed by atoms with Gasteiger partial charge < -0.3 is 15.5 Å². The number of rotatable bonds is 60. The van der Waals surface area contributed by atoms with Gasteiger partial charge in [-0.15, -0.1) is 0 Å². The monoisotopic (exact) mass is 970 g/mol. The number of allylic oxidation sites excluding steroid dienone is 3. The number of aliphatic hydroxyl groups excluding tert-OH is 2. The van der Waals surface area contributed by atoms with E-state index in [1.807, 2.05) is 6.08 Å². The van der Waals surface area contributed by atoms with Gasteiger partial charge >= 0.3 is 0 Å². The van der Waals surface area contributed by atoms with Gasteiger partial charge in [0, 0.05) is 6.42 Å². The van der Waals surface area contributed by atoms with Crippen LogP contribution in [0.15, 0.2) is 24.3 Å². The molecule has 2 atom stereocenters. The van der Waals surface area contributed by atoms with Crippen molar-refractivity contribution in [3.05, 3.63) is 24.3 Å². The molecule has 0 rings (SSSR count). The molecule has 410 valence electrons. The van der Waals surface area contributed by atoms with Crippen molar-refractivity contribution in [2.45, 2.75) is 379 Å². The first-order valence-electron chi connectivity index (χ1n) is 32.1. The van der Waals surface area contributed by atoms with E-state index in [9.17, 15) is 15.0 Å². The Morgan fingerprint density at radius 3 is 0.841 bits per heavy atom. The SMILES string of the molecule is CCCCCCCCCCCCCCCCCCCCCCCCCCC/C=C/CC/C=C/C(O)C(CO)NC(=O)CCCCCCCCCCCCCCCCCCCCCCCCCCCC. The van der Waals surface area contributed by atoms with E-state index in [-0.39, 0.29) is 12.5 Å². The van der Waals surface area contributed by atoms with Crippen LogP contribution in [-0.2, 0) is 4.79 Å². The molecular weight excluding hydrogens is 843 g/mol. The van der Waals surface area contributed by atoms with Crippen LogP contribution in [0.2, 0.25) is 0 Å². The topological polar surface area (TPSA) is 69.6 Å². The van der Waals surface area contributed by atoms with E-state index < -0.39 is 12.1 Å². The molecule has 0 aromatic rings. The zero-order valence-electron chi connectivity index (χ0n) is 47.4. The molecule has 0 aliphatic carbocycles. The molecule has 0 heterocycles. The highest BCUT2D eigenvalue weighted by Gasteiger charge is 2.18. The zero-order valence-corrected chi connectivity index (χ0v) is 47.4. The van der Waals surface area contributed by atoms with Gasteiger partial charge in [-0.1, -0.05) is 353 Å². The summed E-state index contributed by atoms with van der Waals surface area (Å²) in [4.78, 5) is 12.5. The minimum absolute atomic E-state index is 0.0651. The normalized spacial score (nSPS) is 12.8. The van der Waals surface area contributed by atoms with Crippen LogP contribution in [0.25, 0.3) is 0 Å². The van der Waals surface area contributed by atoms with Crippen LogP contribution in [0.4, 0.5) is 0 Å². The fourth-order valence-corrected chi connectivity index (χ4v) is 10.3.